The van der Waals surface area contributed by atoms with Crippen LogP contribution in [0.4, 0.5) is 23.7 Å². The van der Waals surface area contributed by atoms with E-state index in [-0.39, 0.29) is 23.0 Å². The quantitative estimate of drug-likeness (QED) is 0.780. The molecule has 2 heterocycles. The summed E-state index contributed by atoms with van der Waals surface area (Å²) < 4.78 is 46.6. The van der Waals surface area contributed by atoms with Gasteiger partial charge in [0.2, 0.25) is 0 Å². The summed E-state index contributed by atoms with van der Waals surface area (Å²) in [5.74, 6) is -0.803. The van der Waals surface area contributed by atoms with E-state index < -0.39 is 30.1 Å². The number of ether oxygens (including phenoxy) is 2. The number of carbonyl (C=O) groups is 2. The Morgan fingerprint density at radius 1 is 1.21 bits per heavy atom. The van der Waals surface area contributed by atoms with Gasteiger partial charge in [0.1, 0.15) is 17.5 Å². The lowest BCUT2D eigenvalue weighted by Crippen LogP contribution is -2.31. The second-order valence-corrected chi connectivity index (χ2v) is 5.88. The number of alkyl halides is 3. The highest BCUT2D eigenvalue weighted by molar-refractivity contribution is 6.21. The second-order valence-electron chi connectivity index (χ2n) is 5.88. The van der Waals surface area contributed by atoms with Crippen LogP contribution in [0.2, 0.25) is 0 Å². The predicted molar refractivity (Wildman–Crippen MR) is 90.1 cm³/mol. The Labute approximate surface area is 157 Å². The van der Waals surface area contributed by atoms with E-state index in [1.54, 1.807) is 6.92 Å². The maximum atomic E-state index is 12.4. The molecular formula is C17H15F3N4O4. The van der Waals surface area contributed by atoms with E-state index in [1.807, 2.05) is 0 Å². The van der Waals surface area contributed by atoms with Crippen LogP contribution in [0, 0.1) is 6.92 Å². The van der Waals surface area contributed by atoms with Crippen molar-refractivity contribution in [2.75, 3.05) is 4.90 Å². The van der Waals surface area contributed by atoms with Crippen molar-refractivity contribution in [3.8, 4) is 17.5 Å². The van der Waals surface area contributed by atoms with Gasteiger partial charge in [0.05, 0.1) is 18.1 Å². The number of carbonyl (C=O) groups excluding carboxylic acids is 2. The first-order valence-electron chi connectivity index (χ1n) is 8.18. The molecule has 1 fully saturated rings. The minimum atomic E-state index is -4.83. The number of benzene rings is 1. The third-order valence-corrected chi connectivity index (χ3v) is 3.89. The minimum Gasteiger partial charge on any atom is -0.424 e. The molecule has 3 rings (SSSR count). The minimum absolute atomic E-state index is 0.0265. The van der Waals surface area contributed by atoms with Crippen molar-refractivity contribution in [2.45, 2.75) is 32.7 Å². The molecule has 0 aliphatic carbocycles. The number of nitrogens with one attached hydrogen (secondary N) is 1. The third-order valence-electron chi connectivity index (χ3n) is 3.89. The number of nitrogens with zero attached hydrogens (tertiary/aromatic N) is 3. The maximum Gasteiger partial charge on any atom is 0.573 e. The van der Waals surface area contributed by atoms with Gasteiger partial charge in [-0.25, -0.2) is 19.7 Å². The van der Waals surface area contributed by atoms with Crippen molar-refractivity contribution in [1.82, 2.24) is 15.3 Å². The molecule has 3 amide bonds. The van der Waals surface area contributed by atoms with Gasteiger partial charge in [0, 0.05) is 6.07 Å². The van der Waals surface area contributed by atoms with E-state index in [0.717, 1.165) is 11.0 Å². The Balaban J connectivity index is 1.76. The van der Waals surface area contributed by atoms with Crippen LogP contribution in [-0.2, 0) is 4.79 Å². The molecule has 148 valence electrons. The number of aromatic nitrogens is 2. The number of imide groups is 1. The van der Waals surface area contributed by atoms with Crippen molar-refractivity contribution >= 4 is 17.6 Å². The number of halogens is 3. The first kappa shape index (κ1) is 19.4. The van der Waals surface area contributed by atoms with E-state index in [4.69, 9.17) is 4.74 Å². The van der Waals surface area contributed by atoms with Gasteiger partial charge in [0.25, 0.3) is 5.91 Å². The van der Waals surface area contributed by atoms with Gasteiger partial charge in [0.15, 0.2) is 0 Å². The van der Waals surface area contributed by atoms with Crippen molar-refractivity contribution in [3.63, 3.8) is 0 Å². The van der Waals surface area contributed by atoms with Crippen LogP contribution in [-0.4, -0.2) is 34.3 Å². The molecule has 0 bridgehead atoms. The van der Waals surface area contributed by atoms with Crippen LogP contribution in [0.5, 0.6) is 17.5 Å². The first-order valence-corrected chi connectivity index (χ1v) is 8.18. The van der Waals surface area contributed by atoms with Gasteiger partial charge >= 0.3 is 18.4 Å². The zero-order valence-corrected chi connectivity index (χ0v) is 14.8. The van der Waals surface area contributed by atoms with E-state index in [1.165, 1.54) is 31.5 Å². The Kier molecular flexibility index (Phi) is 5.08. The normalized spacial score (nSPS) is 16.9. The average molecular weight is 396 g/mol. The highest BCUT2D eigenvalue weighted by Gasteiger charge is 2.38. The summed E-state index contributed by atoms with van der Waals surface area (Å²) in [5, 5.41) is 2.53. The van der Waals surface area contributed by atoms with Gasteiger partial charge in [-0.2, -0.15) is 0 Å². The largest absolute Gasteiger partial charge is 0.573 e. The molecule has 0 radical (unpaired) electrons. The summed E-state index contributed by atoms with van der Waals surface area (Å²) >= 11 is 0. The lowest BCUT2D eigenvalue weighted by Gasteiger charge is -2.13. The zero-order chi connectivity index (χ0) is 20.5. The molecular weight excluding hydrogens is 381 g/mol. The van der Waals surface area contributed by atoms with E-state index in [2.05, 4.69) is 20.0 Å². The van der Waals surface area contributed by atoms with E-state index in [0.29, 0.717) is 6.42 Å². The number of urea groups is 1. The van der Waals surface area contributed by atoms with Gasteiger partial charge < -0.3 is 14.8 Å². The summed E-state index contributed by atoms with van der Waals surface area (Å²) in [6.07, 6.45) is -1.97. The molecule has 1 N–H and O–H groups in total. The van der Waals surface area contributed by atoms with Crippen molar-refractivity contribution in [3.05, 3.63) is 36.2 Å². The Morgan fingerprint density at radius 2 is 1.89 bits per heavy atom. The van der Waals surface area contributed by atoms with Crippen LogP contribution in [0.15, 0.2) is 30.6 Å². The molecule has 0 spiro atoms. The van der Waals surface area contributed by atoms with Crippen molar-refractivity contribution in [1.29, 1.82) is 0 Å². The molecule has 1 unspecified atom stereocenters. The summed E-state index contributed by atoms with van der Waals surface area (Å²) in [6.45, 7) is 3.22. The third kappa shape index (κ3) is 4.13. The highest BCUT2D eigenvalue weighted by atomic mass is 19.4. The summed E-state index contributed by atoms with van der Waals surface area (Å²) in [5.41, 5.74) is 0.417. The highest BCUT2D eigenvalue weighted by Crippen LogP contribution is 2.31. The predicted octanol–water partition coefficient (Wildman–Crippen LogP) is 3.31. The monoisotopic (exact) mass is 396 g/mol. The Bertz CT molecular complexity index is 902. The van der Waals surface area contributed by atoms with Gasteiger partial charge in [-0.05, 0) is 25.0 Å². The summed E-state index contributed by atoms with van der Waals surface area (Å²) in [6, 6.07) is 2.51. The zero-order valence-electron chi connectivity index (χ0n) is 14.8. The molecule has 0 saturated carbocycles. The number of hydrogen-bond donors (Lipinski definition) is 1. The van der Waals surface area contributed by atoms with Crippen LogP contribution < -0.4 is 19.7 Å². The SMILES string of the molecule is CCC1NC(=O)N(c2cnc(Oc3ccc(C)c(OC(F)(F)F)c3)nc2)C1=O. The summed E-state index contributed by atoms with van der Waals surface area (Å²) in [7, 11) is 0. The number of amides is 3. The van der Waals surface area contributed by atoms with Crippen molar-refractivity contribution < 1.29 is 32.2 Å². The fourth-order valence-corrected chi connectivity index (χ4v) is 2.51. The molecule has 1 aromatic heterocycles. The van der Waals surface area contributed by atoms with E-state index >= 15 is 0 Å². The molecule has 1 aromatic carbocycles. The van der Waals surface area contributed by atoms with Crippen molar-refractivity contribution in [2.24, 2.45) is 0 Å². The number of anilines is 1. The average Bonchev–Trinajstić information content (AvgIpc) is 2.91. The molecule has 1 atom stereocenters. The van der Waals surface area contributed by atoms with Crippen LogP contribution in [0.25, 0.3) is 0 Å². The molecule has 1 aliphatic rings. The second kappa shape index (κ2) is 7.33. The lowest BCUT2D eigenvalue weighted by atomic mass is 10.2. The topological polar surface area (TPSA) is 93.7 Å². The number of aryl methyl sites for hydroxylation is 1. The number of hydrogen-bond acceptors (Lipinski definition) is 6. The first-order chi connectivity index (χ1) is 13.2. The van der Waals surface area contributed by atoms with E-state index in [9.17, 15) is 22.8 Å². The summed E-state index contributed by atoms with van der Waals surface area (Å²) in [4.78, 5) is 32.8. The molecule has 28 heavy (non-hydrogen) atoms. The Morgan fingerprint density at radius 3 is 2.46 bits per heavy atom. The standard InChI is InChI=1S/C17H15F3N4O4/c1-3-12-14(25)24(16(26)23-12)10-7-21-15(22-8-10)27-11-5-4-9(2)13(6-11)28-17(18,19)20/h4-8,12H,3H2,1-2H3,(H,23,26). The fourth-order valence-electron chi connectivity index (χ4n) is 2.51. The van der Waals surface area contributed by atoms with Crippen LogP contribution >= 0.6 is 0 Å². The van der Waals surface area contributed by atoms with Crippen LogP contribution in [0.3, 0.4) is 0 Å². The van der Waals surface area contributed by atoms with Crippen LogP contribution in [0.1, 0.15) is 18.9 Å². The van der Waals surface area contributed by atoms with Gasteiger partial charge in [-0.15, -0.1) is 13.2 Å². The Hall–Kier alpha value is -3.37. The molecule has 2 aromatic rings. The molecule has 8 nitrogen and oxygen atoms in total. The molecule has 11 heteroatoms. The fraction of sp³-hybridized carbons (Fsp3) is 0.294. The molecule has 1 saturated heterocycles. The molecule has 1 aliphatic heterocycles. The van der Waals surface area contributed by atoms with Gasteiger partial charge in [-0.1, -0.05) is 13.0 Å². The number of rotatable bonds is 5. The maximum absolute atomic E-state index is 12.4. The lowest BCUT2D eigenvalue weighted by molar-refractivity contribution is -0.274. The smallest absolute Gasteiger partial charge is 0.424 e. The van der Waals surface area contributed by atoms with Gasteiger partial charge in [-0.3, -0.25) is 4.79 Å².